The van der Waals surface area contributed by atoms with Crippen molar-refractivity contribution in [2.24, 2.45) is 5.73 Å². The Hall–Kier alpha value is -0.673. The summed E-state index contributed by atoms with van der Waals surface area (Å²) < 4.78 is 0. The van der Waals surface area contributed by atoms with E-state index in [4.69, 9.17) is 5.73 Å². The van der Waals surface area contributed by atoms with Crippen molar-refractivity contribution in [1.29, 1.82) is 0 Å². The summed E-state index contributed by atoms with van der Waals surface area (Å²) in [5.74, 6) is 0. The third kappa shape index (κ3) is 4.02. The van der Waals surface area contributed by atoms with Crippen LogP contribution in [0.25, 0.3) is 0 Å². The largest absolute Gasteiger partial charge is 0.324 e. The smallest absolute Gasteiger partial charge is 0.0443 e. The van der Waals surface area contributed by atoms with Crippen LogP contribution in [-0.2, 0) is 0 Å². The molecule has 1 heterocycles. The molecule has 0 aliphatic carbocycles. The monoisotopic (exact) mass is 208 g/mol. The van der Waals surface area contributed by atoms with Crippen LogP contribution in [-0.4, -0.2) is 13.1 Å². The van der Waals surface area contributed by atoms with Gasteiger partial charge in [-0.3, -0.25) is 4.98 Å². The Morgan fingerprint density at radius 1 is 1.43 bits per heavy atom. The van der Waals surface area contributed by atoms with E-state index in [1.807, 2.05) is 12.3 Å². The second-order valence-corrected chi connectivity index (χ2v) is 10.6. The van der Waals surface area contributed by atoms with Crippen LogP contribution in [0.15, 0.2) is 24.5 Å². The van der Waals surface area contributed by atoms with Gasteiger partial charge in [-0.1, -0.05) is 31.8 Å². The standard InChI is InChI=1S/C11H20N2Si/c1-14(2,3)8-6-11(12)10-5-4-7-13-9-10/h4-5,7,9,11H,6,8,12H2,1-3H3/t11-/m0/s1. The molecule has 0 unspecified atom stereocenters. The van der Waals surface area contributed by atoms with Crippen LogP contribution in [0, 0.1) is 0 Å². The van der Waals surface area contributed by atoms with Crippen molar-refractivity contribution in [3.63, 3.8) is 0 Å². The molecule has 3 heteroatoms. The minimum Gasteiger partial charge on any atom is -0.324 e. The maximum absolute atomic E-state index is 6.08. The summed E-state index contributed by atoms with van der Waals surface area (Å²) >= 11 is 0. The molecule has 1 aromatic rings. The van der Waals surface area contributed by atoms with Gasteiger partial charge in [-0.25, -0.2) is 0 Å². The summed E-state index contributed by atoms with van der Waals surface area (Å²) in [4.78, 5) is 4.08. The zero-order chi connectivity index (χ0) is 10.6. The van der Waals surface area contributed by atoms with Crippen LogP contribution >= 0.6 is 0 Å². The van der Waals surface area contributed by atoms with Crippen LogP contribution in [0.4, 0.5) is 0 Å². The van der Waals surface area contributed by atoms with Crippen molar-refractivity contribution in [2.45, 2.75) is 38.1 Å². The fourth-order valence-corrected chi connectivity index (χ4v) is 2.53. The van der Waals surface area contributed by atoms with Gasteiger partial charge in [-0.2, -0.15) is 0 Å². The molecule has 1 atom stereocenters. The number of hydrogen-bond acceptors (Lipinski definition) is 2. The molecule has 0 aliphatic rings. The molecule has 0 aromatic carbocycles. The summed E-state index contributed by atoms with van der Waals surface area (Å²) in [6.45, 7) is 7.13. The van der Waals surface area contributed by atoms with Crippen LogP contribution in [0.2, 0.25) is 25.7 Å². The first-order chi connectivity index (χ1) is 6.49. The van der Waals surface area contributed by atoms with Gasteiger partial charge in [-0.15, -0.1) is 0 Å². The average molecular weight is 208 g/mol. The number of nitrogens with two attached hydrogens (primary N) is 1. The van der Waals surface area contributed by atoms with Crippen molar-refractivity contribution < 1.29 is 0 Å². The quantitative estimate of drug-likeness (QED) is 0.773. The van der Waals surface area contributed by atoms with E-state index in [0.717, 1.165) is 12.0 Å². The highest BCUT2D eigenvalue weighted by Gasteiger charge is 2.15. The Balaban J connectivity index is 2.48. The topological polar surface area (TPSA) is 38.9 Å². The molecular weight excluding hydrogens is 188 g/mol. The maximum atomic E-state index is 6.08. The van der Waals surface area contributed by atoms with Gasteiger partial charge in [0.25, 0.3) is 0 Å². The average Bonchev–Trinajstić information content (AvgIpc) is 2.14. The molecule has 2 nitrogen and oxygen atoms in total. The lowest BCUT2D eigenvalue weighted by Gasteiger charge is -2.18. The summed E-state index contributed by atoms with van der Waals surface area (Å²) in [5, 5.41) is 0. The van der Waals surface area contributed by atoms with Gasteiger partial charge in [0, 0.05) is 26.5 Å². The van der Waals surface area contributed by atoms with Crippen LogP contribution in [0.3, 0.4) is 0 Å². The second kappa shape index (κ2) is 4.71. The Bertz CT molecular complexity index is 266. The highest BCUT2D eigenvalue weighted by Crippen LogP contribution is 2.20. The van der Waals surface area contributed by atoms with Crippen molar-refractivity contribution in [3.05, 3.63) is 30.1 Å². The molecule has 0 radical (unpaired) electrons. The number of aromatic nitrogens is 1. The van der Waals surface area contributed by atoms with Gasteiger partial charge in [-0.05, 0) is 18.1 Å². The van der Waals surface area contributed by atoms with E-state index >= 15 is 0 Å². The number of hydrogen-bond donors (Lipinski definition) is 1. The molecule has 1 aromatic heterocycles. The number of nitrogens with zero attached hydrogens (tertiary/aromatic N) is 1. The second-order valence-electron chi connectivity index (χ2n) is 4.99. The lowest BCUT2D eigenvalue weighted by Crippen LogP contribution is -2.22. The van der Waals surface area contributed by atoms with Gasteiger partial charge in [0.05, 0.1) is 0 Å². The van der Waals surface area contributed by atoms with E-state index in [1.165, 1.54) is 6.04 Å². The summed E-state index contributed by atoms with van der Waals surface area (Å²) in [6, 6.07) is 5.45. The summed E-state index contributed by atoms with van der Waals surface area (Å²) in [6.07, 6.45) is 4.74. The normalized spacial score (nSPS) is 14.0. The van der Waals surface area contributed by atoms with Crippen molar-refractivity contribution >= 4 is 8.07 Å². The van der Waals surface area contributed by atoms with Gasteiger partial charge in [0.1, 0.15) is 0 Å². The number of rotatable bonds is 4. The predicted molar refractivity (Wildman–Crippen MR) is 63.9 cm³/mol. The minimum absolute atomic E-state index is 0.162. The van der Waals surface area contributed by atoms with Gasteiger partial charge in [0.15, 0.2) is 0 Å². The molecule has 14 heavy (non-hydrogen) atoms. The Kier molecular flexibility index (Phi) is 3.83. The molecule has 0 spiro atoms. The zero-order valence-electron chi connectivity index (χ0n) is 9.33. The molecule has 0 saturated heterocycles. The van der Waals surface area contributed by atoms with E-state index in [-0.39, 0.29) is 6.04 Å². The Labute approximate surface area is 87.6 Å². The Morgan fingerprint density at radius 3 is 2.64 bits per heavy atom. The summed E-state index contributed by atoms with van der Waals surface area (Å²) in [5.41, 5.74) is 7.24. The van der Waals surface area contributed by atoms with Gasteiger partial charge in [0.2, 0.25) is 0 Å². The van der Waals surface area contributed by atoms with E-state index < -0.39 is 8.07 Å². The third-order valence-electron chi connectivity index (χ3n) is 2.32. The SMILES string of the molecule is C[Si](C)(C)CC[C@H](N)c1cccnc1. The molecule has 0 saturated carbocycles. The molecule has 0 bridgehead atoms. The van der Waals surface area contributed by atoms with Crippen LogP contribution in [0.1, 0.15) is 18.0 Å². The molecule has 1 rings (SSSR count). The van der Waals surface area contributed by atoms with Gasteiger partial charge >= 0.3 is 0 Å². The highest BCUT2D eigenvalue weighted by molar-refractivity contribution is 6.76. The lowest BCUT2D eigenvalue weighted by molar-refractivity contribution is 0.688. The fraction of sp³-hybridized carbons (Fsp3) is 0.545. The minimum atomic E-state index is -0.953. The first kappa shape index (κ1) is 11.4. The van der Waals surface area contributed by atoms with Crippen LogP contribution < -0.4 is 5.73 Å². The molecule has 78 valence electrons. The highest BCUT2D eigenvalue weighted by atomic mass is 28.3. The number of pyridine rings is 1. The van der Waals surface area contributed by atoms with Crippen LogP contribution in [0.5, 0.6) is 0 Å². The van der Waals surface area contributed by atoms with Gasteiger partial charge < -0.3 is 5.73 Å². The molecule has 0 amide bonds. The molecule has 0 fully saturated rings. The van der Waals surface area contributed by atoms with E-state index in [2.05, 4.69) is 30.7 Å². The predicted octanol–water partition coefficient (Wildman–Crippen LogP) is 2.81. The summed E-state index contributed by atoms with van der Waals surface area (Å²) in [7, 11) is -0.953. The first-order valence-corrected chi connectivity index (χ1v) is 8.85. The lowest BCUT2D eigenvalue weighted by atomic mass is 10.1. The van der Waals surface area contributed by atoms with Crippen molar-refractivity contribution in [2.75, 3.05) is 0 Å². The third-order valence-corrected chi connectivity index (χ3v) is 4.11. The van der Waals surface area contributed by atoms with E-state index in [1.54, 1.807) is 6.20 Å². The Morgan fingerprint density at radius 2 is 2.14 bits per heavy atom. The molecule has 0 aliphatic heterocycles. The van der Waals surface area contributed by atoms with E-state index in [9.17, 15) is 0 Å². The van der Waals surface area contributed by atoms with Crippen molar-refractivity contribution in [1.82, 2.24) is 4.98 Å². The molecule has 2 N–H and O–H groups in total. The maximum Gasteiger partial charge on any atom is 0.0443 e. The van der Waals surface area contributed by atoms with E-state index in [0.29, 0.717) is 0 Å². The molecular formula is C11H20N2Si. The first-order valence-electron chi connectivity index (χ1n) is 5.14. The van der Waals surface area contributed by atoms with Crippen molar-refractivity contribution in [3.8, 4) is 0 Å². The fourth-order valence-electron chi connectivity index (χ4n) is 1.35. The zero-order valence-corrected chi connectivity index (χ0v) is 10.3.